The fourth-order valence-electron chi connectivity index (χ4n) is 2.16. The lowest BCUT2D eigenvalue weighted by atomic mass is 9.89. The summed E-state index contributed by atoms with van der Waals surface area (Å²) in [7, 11) is 0. The highest BCUT2D eigenvalue weighted by Gasteiger charge is 2.23. The highest BCUT2D eigenvalue weighted by Crippen LogP contribution is 2.32. The van der Waals surface area contributed by atoms with Gasteiger partial charge in [-0.3, -0.25) is 0 Å². The van der Waals surface area contributed by atoms with Gasteiger partial charge in [0.2, 0.25) is 0 Å². The highest BCUT2D eigenvalue weighted by molar-refractivity contribution is 9.10. The van der Waals surface area contributed by atoms with Crippen molar-refractivity contribution < 1.29 is 0 Å². The average molecular weight is 339 g/mol. The minimum absolute atomic E-state index is 0.0950. The monoisotopic (exact) mass is 338 g/mol. The Bertz CT molecular complexity index is 575. The van der Waals surface area contributed by atoms with Gasteiger partial charge in [0.1, 0.15) is 0 Å². The molecule has 19 heavy (non-hydrogen) atoms. The molecule has 1 aromatic heterocycles. The predicted molar refractivity (Wildman–Crippen MR) is 89.1 cm³/mol. The quantitative estimate of drug-likeness (QED) is 0.786. The maximum Gasteiger partial charge on any atom is 0.0575 e. The molecule has 2 rings (SSSR count). The average Bonchev–Trinajstić information content (AvgIpc) is 2.75. The molecule has 0 aliphatic carbocycles. The molecular weight excluding hydrogens is 320 g/mol. The first-order valence-corrected chi connectivity index (χ1v) is 7.91. The van der Waals surface area contributed by atoms with Gasteiger partial charge in [-0.1, -0.05) is 29.8 Å². The van der Waals surface area contributed by atoms with Gasteiger partial charge in [-0.15, -0.1) is 11.3 Å². The topological polar surface area (TPSA) is 38.0 Å². The number of nitrogens with one attached hydrogen (secondary N) is 1. The van der Waals surface area contributed by atoms with Crippen molar-refractivity contribution in [3.63, 3.8) is 0 Å². The second kappa shape index (κ2) is 5.55. The molecule has 4 heteroatoms. The Balaban J connectivity index is 2.12. The molecule has 3 N–H and O–H groups in total. The number of thiophene rings is 1. The van der Waals surface area contributed by atoms with Crippen molar-refractivity contribution in [2.75, 3.05) is 17.6 Å². The molecule has 0 unspecified atom stereocenters. The lowest BCUT2D eigenvalue weighted by molar-refractivity contribution is 0.566. The van der Waals surface area contributed by atoms with E-state index in [-0.39, 0.29) is 5.41 Å². The van der Waals surface area contributed by atoms with Crippen LogP contribution in [0.5, 0.6) is 0 Å². The summed E-state index contributed by atoms with van der Waals surface area (Å²) in [5, 5.41) is 5.61. The number of hydrogen-bond donors (Lipinski definition) is 2. The van der Waals surface area contributed by atoms with Crippen LogP contribution in [0.1, 0.15) is 24.3 Å². The fraction of sp³-hybridized carbons (Fsp3) is 0.333. The number of halogens is 1. The van der Waals surface area contributed by atoms with Crippen LogP contribution < -0.4 is 11.1 Å². The van der Waals surface area contributed by atoms with Gasteiger partial charge in [-0.05, 0) is 42.1 Å². The van der Waals surface area contributed by atoms with E-state index in [2.05, 4.69) is 53.5 Å². The second-order valence-corrected chi connectivity index (χ2v) is 7.23. The van der Waals surface area contributed by atoms with Crippen molar-refractivity contribution in [2.24, 2.45) is 0 Å². The van der Waals surface area contributed by atoms with Gasteiger partial charge < -0.3 is 11.1 Å². The molecular formula is C15H19BrN2S. The van der Waals surface area contributed by atoms with E-state index in [1.54, 1.807) is 0 Å². The summed E-state index contributed by atoms with van der Waals surface area (Å²) in [4.78, 5) is 1.43. The van der Waals surface area contributed by atoms with Crippen LogP contribution in [0.4, 0.5) is 11.4 Å². The van der Waals surface area contributed by atoms with E-state index in [1.807, 2.05) is 29.5 Å². The van der Waals surface area contributed by atoms with Gasteiger partial charge in [0.15, 0.2) is 0 Å². The molecule has 0 radical (unpaired) electrons. The Morgan fingerprint density at radius 1 is 1.32 bits per heavy atom. The predicted octanol–water partition coefficient (Wildman–Crippen LogP) is 4.79. The van der Waals surface area contributed by atoms with Crippen LogP contribution in [0.2, 0.25) is 0 Å². The Morgan fingerprint density at radius 2 is 2.05 bits per heavy atom. The van der Waals surface area contributed by atoms with Gasteiger partial charge in [0, 0.05) is 21.3 Å². The summed E-state index contributed by atoms with van der Waals surface area (Å²) in [6, 6.07) is 8.11. The summed E-state index contributed by atoms with van der Waals surface area (Å²) < 4.78 is 1.00. The molecule has 0 aliphatic heterocycles. The van der Waals surface area contributed by atoms with E-state index in [9.17, 15) is 0 Å². The fourth-order valence-corrected chi connectivity index (χ4v) is 3.59. The number of anilines is 2. The van der Waals surface area contributed by atoms with Crippen molar-refractivity contribution in [2.45, 2.75) is 26.2 Å². The maximum absolute atomic E-state index is 6.01. The van der Waals surface area contributed by atoms with E-state index in [1.165, 1.54) is 10.4 Å². The van der Waals surface area contributed by atoms with E-state index in [4.69, 9.17) is 5.73 Å². The van der Waals surface area contributed by atoms with Crippen molar-refractivity contribution in [3.05, 3.63) is 44.6 Å². The van der Waals surface area contributed by atoms with E-state index < -0.39 is 0 Å². The van der Waals surface area contributed by atoms with E-state index >= 15 is 0 Å². The first-order chi connectivity index (χ1) is 8.90. The smallest absolute Gasteiger partial charge is 0.0575 e. The van der Waals surface area contributed by atoms with Crippen LogP contribution in [0.25, 0.3) is 0 Å². The first-order valence-electron chi connectivity index (χ1n) is 6.23. The molecule has 2 nitrogen and oxygen atoms in total. The van der Waals surface area contributed by atoms with Gasteiger partial charge in [-0.2, -0.15) is 0 Å². The molecule has 0 amide bonds. The summed E-state index contributed by atoms with van der Waals surface area (Å²) in [5.41, 5.74) is 9.23. The maximum atomic E-state index is 6.01. The van der Waals surface area contributed by atoms with Crippen molar-refractivity contribution >= 4 is 38.6 Å². The van der Waals surface area contributed by atoms with Crippen LogP contribution in [-0.2, 0) is 5.41 Å². The van der Waals surface area contributed by atoms with Crippen LogP contribution in [-0.4, -0.2) is 6.54 Å². The minimum atomic E-state index is 0.0950. The molecule has 0 aliphatic rings. The standard InChI is InChI=1S/C15H19BrN2S/c1-10-6-7-19-14(10)15(2,3)9-18-13-5-4-11(16)8-12(13)17/h4-8,18H,9,17H2,1-3H3. The molecule has 0 saturated carbocycles. The lowest BCUT2D eigenvalue weighted by Gasteiger charge is -2.26. The first kappa shape index (κ1) is 14.4. The largest absolute Gasteiger partial charge is 0.397 e. The Hall–Kier alpha value is -1.00. The molecule has 1 aromatic carbocycles. The number of nitrogen functional groups attached to an aromatic ring is 1. The Morgan fingerprint density at radius 3 is 2.63 bits per heavy atom. The normalized spacial score (nSPS) is 11.6. The van der Waals surface area contributed by atoms with Gasteiger partial charge in [0.05, 0.1) is 11.4 Å². The summed E-state index contributed by atoms with van der Waals surface area (Å²) in [5.74, 6) is 0. The molecule has 0 bridgehead atoms. The zero-order chi connectivity index (χ0) is 14.0. The molecule has 0 fully saturated rings. The van der Waals surface area contributed by atoms with Crippen LogP contribution in [0.3, 0.4) is 0 Å². The van der Waals surface area contributed by atoms with Gasteiger partial charge >= 0.3 is 0 Å². The number of rotatable bonds is 4. The summed E-state index contributed by atoms with van der Waals surface area (Å²) >= 11 is 5.24. The van der Waals surface area contributed by atoms with E-state index in [0.29, 0.717) is 0 Å². The third-order valence-corrected chi connectivity index (χ3v) is 5.09. The molecule has 0 saturated heterocycles. The zero-order valence-electron chi connectivity index (χ0n) is 11.5. The number of hydrogen-bond acceptors (Lipinski definition) is 3. The highest BCUT2D eigenvalue weighted by atomic mass is 79.9. The Labute approximate surface area is 127 Å². The number of benzene rings is 1. The third-order valence-electron chi connectivity index (χ3n) is 3.21. The Kier molecular flexibility index (Phi) is 4.21. The van der Waals surface area contributed by atoms with Gasteiger partial charge in [-0.25, -0.2) is 0 Å². The van der Waals surface area contributed by atoms with E-state index in [0.717, 1.165) is 22.4 Å². The van der Waals surface area contributed by atoms with Crippen LogP contribution >= 0.6 is 27.3 Å². The van der Waals surface area contributed by atoms with Crippen molar-refractivity contribution in [1.29, 1.82) is 0 Å². The zero-order valence-corrected chi connectivity index (χ0v) is 13.9. The summed E-state index contributed by atoms with van der Waals surface area (Å²) in [6.45, 7) is 7.55. The number of nitrogens with two attached hydrogens (primary N) is 1. The SMILES string of the molecule is Cc1ccsc1C(C)(C)CNc1ccc(Br)cc1N. The summed E-state index contributed by atoms with van der Waals surface area (Å²) in [6.07, 6.45) is 0. The molecule has 0 atom stereocenters. The minimum Gasteiger partial charge on any atom is -0.397 e. The molecule has 102 valence electrons. The van der Waals surface area contributed by atoms with Crippen molar-refractivity contribution in [3.8, 4) is 0 Å². The van der Waals surface area contributed by atoms with Crippen LogP contribution in [0.15, 0.2) is 34.1 Å². The second-order valence-electron chi connectivity index (χ2n) is 5.40. The number of aryl methyl sites for hydroxylation is 1. The van der Waals surface area contributed by atoms with Crippen molar-refractivity contribution in [1.82, 2.24) is 0 Å². The molecule has 0 spiro atoms. The molecule has 2 aromatic rings. The van der Waals surface area contributed by atoms with Gasteiger partial charge in [0.25, 0.3) is 0 Å². The lowest BCUT2D eigenvalue weighted by Crippen LogP contribution is -2.27. The van der Waals surface area contributed by atoms with Crippen LogP contribution in [0, 0.1) is 6.92 Å². The third kappa shape index (κ3) is 3.31. The molecule has 1 heterocycles.